The molecule has 1 aromatic carbocycles. The third kappa shape index (κ3) is 4.05. The summed E-state index contributed by atoms with van der Waals surface area (Å²) in [4.78, 5) is 12.4. The van der Waals surface area contributed by atoms with Crippen LogP contribution in [0.2, 0.25) is 0 Å². The van der Waals surface area contributed by atoms with Crippen LogP contribution in [-0.4, -0.2) is 34.8 Å². The van der Waals surface area contributed by atoms with Gasteiger partial charge in [0.05, 0.1) is 6.61 Å². The molecule has 0 spiro atoms. The highest BCUT2D eigenvalue weighted by Gasteiger charge is 2.42. The van der Waals surface area contributed by atoms with Crippen LogP contribution >= 0.6 is 0 Å². The lowest BCUT2D eigenvalue weighted by molar-refractivity contribution is 0.203. The van der Waals surface area contributed by atoms with Crippen LogP contribution in [-0.2, 0) is 17.3 Å². The van der Waals surface area contributed by atoms with Gasteiger partial charge >= 0.3 is 6.03 Å². The Morgan fingerprint density at radius 2 is 1.95 bits per heavy atom. The van der Waals surface area contributed by atoms with E-state index >= 15 is 0 Å². The summed E-state index contributed by atoms with van der Waals surface area (Å²) >= 11 is 0. The summed E-state index contributed by atoms with van der Waals surface area (Å²) in [6.07, 6.45) is 3.58. The molecule has 0 radical (unpaired) electrons. The van der Waals surface area contributed by atoms with E-state index in [1.807, 2.05) is 12.1 Å². The predicted molar refractivity (Wildman–Crippen MR) is 77.8 cm³/mol. The van der Waals surface area contributed by atoms with Crippen molar-refractivity contribution in [1.29, 1.82) is 0 Å². The van der Waals surface area contributed by atoms with Crippen molar-refractivity contribution in [2.24, 2.45) is 5.41 Å². The molecule has 5 nitrogen and oxygen atoms in total. The summed E-state index contributed by atoms with van der Waals surface area (Å²) in [5, 5.41) is 14.7. The Balaban J connectivity index is 1.74. The van der Waals surface area contributed by atoms with Gasteiger partial charge in [0.25, 0.3) is 0 Å². The molecule has 1 aromatic rings. The van der Waals surface area contributed by atoms with E-state index in [1.54, 1.807) is 18.4 Å². The molecule has 1 aliphatic carbocycles. The van der Waals surface area contributed by atoms with Crippen LogP contribution in [0.25, 0.3) is 0 Å². The summed E-state index contributed by atoms with van der Waals surface area (Å²) in [5.41, 5.74) is 0.877. The highest BCUT2D eigenvalue weighted by Crippen LogP contribution is 2.44. The molecule has 0 bridgehead atoms. The second kappa shape index (κ2) is 6.37. The number of benzene rings is 1. The molecule has 1 atom stereocenters. The van der Waals surface area contributed by atoms with E-state index in [-0.39, 0.29) is 18.1 Å². The molecule has 2 amide bonds. The number of aliphatic hydroxyl groups is 1. The van der Waals surface area contributed by atoms with Crippen LogP contribution < -0.4 is 10.6 Å². The Kier molecular flexibility index (Phi) is 4.77. The van der Waals surface area contributed by atoms with Crippen molar-refractivity contribution in [3.8, 4) is 0 Å². The van der Waals surface area contributed by atoms with E-state index < -0.39 is 10.8 Å². The van der Waals surface area contributed by atoms with E-state index in [2.05, 4.69) is 10.6 Å². The molecule has 6 heteroatoms. The highest BCUT2D eigenvalue weighted by atomic mass is 32.2. The van der Waals surface area contributed by atoms with Crippen molar-refractivity contribution in [2.75, 3.05) is 19.4 Å². The zero-order chi connectivity index (χ0) is 14.6. The summed E-state index contributed by atoms with van der Waals surface area (Å²) in [5.74, 6) is 0. The number of amides is 2. The second-order valence-corrected chi connectivity index (χ2v) is 6.67. The fourth-order valence-corrected chi connectivity index (χ4v) is 2.40. The van der Waals surface area contributed by atoms with E-state index in [4.69, 9.17) is 5.11 Å². The number of nitrogens with one attached hydrogen (secondary N) is 2. The minimum Gasteiger partial charge on any atom is -0.396 e. The van der Waals surface area contributed by atoms with Crippen LogP contribution in [0.4, 0.5) is 4.79 Å². The van der Waals surface area contributed by atoms with Gasteiger partial charge in [-0.1, -0.05) is 12.1 Å². The largest absolute Gasteiger partial charge is 0.396 e. The standard InChI is InChI=1S/C14H20N2O3S/c1-20(19)12-4-2-11(3-5-12)8-15-13(18)16-9-14(10-17)6-7-14/h2-5,17H,6-10H2,1H3,(H2,15,16,18). The lowest BCUT2D eigenvalue weighted by Gasteiger charge is -2.13. The van der Waals surface area contributed by atoms with Gasteiger partial charge in [0, 0.05) is 40.5 Å². The Labute approximate surface area is 121 Å². The summed E-state index contributed by atoms with van der Waals surface area (Å²) in [7, 11) is -0.981. The molecule has 3 N–H and O–H groups in total. The average Bonchev–Trinajstić information content (AvgIpc) is 3.24. The van der Waals surface area contributed by atoms with Crippen LogP contribution in [0.5, 0.6) is 0 Å². The zero-order valence-corrected chi connectivity index (χ0v) is 12.3. The first-order valence-electron chi connectivity index (χ1n) is 6.60. The molecular formula is C14H20N2O3S. The van der Waals surface area contributed by atoms with Crippen molar-refractivity contribution in [3.05, 3.63) is 29.8 Å². The number of rotatable bonds is 6. The summed E-state index contributed by atoms with van der Waals surface area (Å²) in [6.45, 7) is 1.07. The van der Waals surface area contributed by atoms with Crippen molar-refractivity contribution in [1.82, 2.24) is 10.6 Å². The van der Waals surface area contributed by atoms with Crippen molar-refractivity contribution in [2.45, 2.75) is 24.3 Å². The molecule has 1 saturated carbocycles. The quantitative estimate of drug-likeness (QED) is 0.732. The lowest BCUT2D eigenvalue weighted by atomic mass is 10.1. The molecule has 110 valence electrons. The molecular weight excluding hydrogens is 276 g/mol. The topological polar surface area (TPSA) is 78.4 Å². The minimum atomic E-state index is -0.981. The van der Waals surface area contributed by atoms with Crippen LogP contribution in [0.1, 0.15) is 18.4 Å². The van der Waals surface area contributed by atoms with Crippen molar-refractivity contribution in [3.63, 3.8) is 0 Å². The highest BCUT2D eigenvalue weighted by molar-refractivity contribution is 7.84. The monoisotopic (exact) mass is 296 g/mol. The molecule has 0 heterocycles. The average molecular weight is 296 g/mol. The SMILES string of the molecule is CS(=O)c1ccc(CNC(=O)NCC2(CO)CC2)cc1. The Hall–Kier alpha value is -1.40. The molecule has 1 aliphatic rings. The first-order chi connectivity index (χ1) is 9.54. The maximum absolute atomic E-state index is 11.6. The van der Waals surface area contributed by atoms with Gasteiger partial charge in [-0.3, -0.25) is 4.21 Å². The van der Waals surface area contributed by atoms with Crippen LogP contribution in [0.15, 0.2) is 29.2 Å². The third-order valence-electron chi connectivity index (χ3n) is 3.62. The lowest BCUT2D eigenvalue weighted by Crippen LogP contribution is -2.39. The first-order valence-corrected chi connectivity index (χ1v) is 8.15. The fourth-order valence-electron chi connectivity index (χ4n) is 1.88. The van der Waals surface area contributed by atoms with Gasteiger partial charge in [0.1, 0.15) is 0 Å². The van der Waals surface area contributed by atoms with E-state index in [1.165, 1.54) is 0 Å². The molecule has 1 unspecified atom stereocenters. The minimum absolute atomic E-state index is 0.0792. The Morgan fingerprint density at radius 1 is 1.30 bits per heavy atom. The van der Waals surface area contributed by atoms with Crippen LogP contribution in [0, 0.1) is 5.41 Å². The molecule has 20 heavy (non-hydrogen) atoms. The molecule has 2 rings (SSSR count). The summed E-state index contributed by atoms with van der Waals surface area (Å²) < 4.78 is 11.2. The van der Waals surface area contributed by atoms with Gasteiger partial charge in [0.2, 0.25) is 0 Å². The van der Waals surface area contributed by atoms with E-state index in [9.17, 15) is 9.00 Å². The number of carbonyl (C=O) groups excluding carboxylic acids is 1. The number of hydrogen-bond acceptors (Lipinski definition) is 3. The number of carbonyl (C=O) groups is 1. The molecule has 1 fully saturated rings. The second-order valence-electron chi connectivity index (χ2n) is 5.29. The normalized spacial score (nSPS) is 17.3. The number of hydrogen-bond donors (Lipinski definition) is 3. The van der Waals surface area contributed by atoms with Crippen LogP contribution in [0.3, 0.4) is 0 Å². The number of urea groups is 1. The molecule has 0 aromatic heterocycles. The van der Waals surface area contributed by atoms with Gasteiger partial charge in [-0.2, -0.15) is 0 Å². The van der Waals surface area contributed by atoms with Gasteiger partial charge in [0.15, 0.2) is 0 Å². The third-order valence-corrected chi connectivity index (χ3v) is 4.56. The van der Waals surface area contributed by atoms with Gasteiger partial charge in [-0.25, -0.2) is 4.79 Å². The number of aliphatic hydroxyl groups excluding tert-OH is 1. The van der Waals surface area contributed by atoms with E-state index in [0.29, 0.717) is 13.1 Å². The van der Waals surface area contributed by atoms with Gasteiger partial charge in [-0.05, 0) is 30.5 Å². The fraction of sp³-hybridized carbons (Fsp3) is 0.500. The predicted octanol–water partition coefficient (Wildman–Crippen LogP) is 0.996. The smallest absolute Gasteiger partial charge is 0.315 e. The van der Waals surface area contributed by atoms with Crippen molar-refractivity contribution >= 4 is 16.8 Å². The van der Waals surface area contributed by atoms with Crippen molar-refractivity contribution < 1.29 is 14.1 Å². The maximum Gasteiger partial charge on any atom is 0.315 e. The molecule has 0 saturated heterocycles. The first kappa shape index (κ1) is 15.0. The van der Waals surface area contributed by atoms with E-state index in [0.717, 1.165) is 23.3 Å². The zero-order valence-electron chi connectivity index (χ0n) is 11.5. The Bertz CT molecular complexity index is 498. The maximum atomic E-state index is 11.6. The van der Waals surface area contributed by atoms with Gasteiger partial charge < -0.3 is 15.7 Å². The summed E-state index contributed by atoms with van der Waals surface area (Å²) in [6, 6.07) is 7.08. The van der Waals surface area contributed by atoms with Gasteiger partial charge in [-0.15, -0.1) is 0 Å². The Morgan fingerprint density at radius 3 is 2.45 bits per heavy atom. The molecule has 0 aliphatic heterocycles.